The Bertz CT molecular complexity index is 606. The number of carbonyl (C=O) groups excluding carboxylic acids is 1. The molecule has 0 spiro atoms. The molecule has 2 aromatic heterocycles. The minimum Gasteiger partial charge on any atom is -0.313 e. The standard InChI is InChI=1S/C11H10N4O2/c1-7-3-2-4-12-10(7)15-11(17)8-5-9(16)14-6-13-8/h2-6H,1H3,(H,12,15,17)(H,13,14,16). The van der Waals surface area contributed by atoms with Crippen LogP contribution in [-0.2, 0) is 0 Å². The highest BCUT2D eigenvalue weighted by Gasteiger charge is 2.09. The van der Waals surface area contributed by atoms with Gasteiger partial charge in [0.1, 0.15) is 11.5 Å². The minimum atomic E-state index is -0.460. The number of nitrogens with zero attached hydrogens (tertiary/aromatic N) is 2. The fourth-order valence-electron chi connectivity index (χ4n) is 1.28. The van der Waals surface area contributed by atoms with Crippen LogP contribution >= 0.6 is 0 Å². The SMILES string of the molecule is Cc1cccnc1NC(=O)c1cc(=O)[nH]cn1. The van der Waals surface area contributed by atoms with Gasteiger partial charge < -0.3 is 10.3 Å². The number of pyridine rings is 1. The van der Waals surface area contributed by atoms with E-state index in [4.69, 9.17) is 0 Å². The van der Waals surface area contributed by atoms with E-state index in [0.717, 1.165) is 11.6 Å². The number of hydrogen-bond acceptors (Lipinski definition) is 4. The van der Waals surface area contributed by atoms with Gasteiger partial charge >= 0.3 is 0 Å². The van der Waals surface area contributed by atoms with E-state index in [1.807, 2.05) is 13.0 Å². The summed E-state index contributed by atoms with van der Waals surface area (Å²) in [5.41, 5.74) is 0.521. The highest BCUT2D eigenvalue weighted by atomic mass is 16.2. The van der Waals surface area contributed by atoms with Crippen LogP contribution in [0.15, 0.2) is 35.5 Å². The van der Waals surface area contributed by atoms with Crippen LogP contribution in [0, 0.1) is 6.92 Å². The molecule has 0 radical (unpaired) electrons. The van der Waals surface area contributed by atoms with Crippen molar-refractivity contribution in [2.75, 3.05) is 5.32 Å². The topological polar surface area (TPSA) is 87.7 Å². The van der Waals surface area contributed by atoms with Crippen molar-refractivity contribution in [1.82, 2.24) is 15.0 Å². The summed E-state index contributed by atoms with van der Waals surface area (Å²) >= 11 is 0. The predicted octanol–water partition coefficient (Wildman–Crippen LogP) is 0.726. The highest BCUT2D eigenvalue weighted by Crippen LogP contribution is 2.09. The Kier molecular flexibility index (Phi) is 2.95. The van der Waals surface area contributed by atoms with Crippen molar-refractivity contribution < 1.29 is 4.79 Å². The van der Waals surface area contributed by atoms with E-state index in [9.17, 15) is 9.59 Å². The molecule has 86 valence electrons. The van der Waals surface area contributed by atoms with Gasteiger partial charge in [0.25, 0.3) is 11.5 Å². The van der Waals surface area contributed by atoms with Crippen LogP contribution in [0.4, 0.5) is 5.82 Å². The Morgan fingerprint density at radius 2 is 2.24 bits per heavy atom. The molecule has 0 aliphatic heterocycles. The number of aromatic amines is 1. The number of aryl methyl sites for hydroxylation is 1. The molecule has 6 heteroatoms. The van der Waals surface area contributed by atoms with Crippen LogP contribution in [0.2, 0.25) is 0 Å². The summed E-state index contributed by atoms with van der Waals surface area (Å²) in [7, 11) is 0. The largest absolute Gasteiger partial charge is 0.313 e. The van der Waals surface area contributed by atoms with Crippen molar-refractivity contribution >= 4 is 11.7 Å². The molecule has 0 aromatic carbocycles. The second-order valence-electron chi connectivity index (χ2n) is 3.42. The van der Waals surface area contributed by atoms with Crippen molar-refractivity contribution in [1.29, 1.82) is 0 Å². The second-order valence-corrected chi connectivity index (χ2v) is 3.42. The van der Waals surface area contributed by atoms with Crippen molar-refractivity contribution in [3.05, 3.63) is 52.3 Å². The third kappa shape index (κ3) is 2.54. The lowest BCUT2D eigenvalue weighted by atomic mass is 10.3. The monoisotopic (exact) mass is 230 g/mol. The van der Waals surface area contributed by atoms with Gasteiger partial charge in [0, 0.05) is 12.3 Å². The number of carbonyl (C=O) groups is 1. The summed E-state index contributed by atoms with van der Waals surface area (Å²) in [6.45, 7) is 1.83. The van der Waals surface area contributed by atoms with Gasteiger partial charge in [-0.05, 0) is 18.6 Å². The first kappa shape index (κ1) is 11.0. The molecule has 17 heavy (non-hydrogen) atoms. The van der Waals surface area contributed by atoms with Crippen LogP contribution in [0.3, 0.4) is 0 Å². The Balaban J connectivity index is 2.23. The molecule has 6 nitrogen and oxygen atoms in total. The van der Waals surface area contributed by atoms with Gasteiger partial charge in [0.15, 0.2) is 0 Å². The van der Waals surface area contributed by atoms with Gasteiger partial charge in [-0.1, -0.05) is 6.07 Å². The van der Waals surface area contributed by atoms with E-state index in [0.29, 0.717) is 5.82 Å². The van der Waals surface area contributed by atoms with Crippen LogP contribution in [0.25, 0.3) is 0 Å². The maximum atomic E-state index is 11.8. The van der Waals surface area contributed by atoms with Gasteiger partial charge in [0.2, 0.25) is 0 Å². The molecule has 0 saturated carbocycles. The average Bonchev–Trinajstić information content (AvgIpc) is 2.32. The highest BCUT2D eigenvalue weighted by molar-refractivity contribution is 6.02. The molecule has 2 rings (SSSR count). The van der Waals surface area contributed by atoms with E-state index in [1.54, 1.807) is 12.3 Å². The quantitative estimate of drug-likeness (QED) is 0.795. The number of H-pyrrole nitrogens is 1. The average molecular weight is 230 g/mol. The van der Waals surface area contributed by atoms with E-state index in [-0.39, 0.29) is 11.3 Å². The Morgan fingerprint density at radius 3 is 2.94 bits per heavy atom. The molecule has 2 heterocycles. The molecule has 0 fully saturated rings. The molecule has 0 bridgehead atoms. The maximum Gasteiger partial charge on any atom is 0.275 e. The van der Waals surface area contributed by atoms with E-state index >= 15 is 0 Å². The molecule has 2 aromatic rings. The predicted molar refractivity (Wildman–Crippen MR) is 61.8 cm³/mol. The zero-order valence-corrected chi connectivity index (χ0v) is 9.10. The summed E-state index contributed by atoms with van der Waals surface area (Å²) < 4.78 is 0. The van der Waals surface area contributed by atoms with Gasteiger partial charge in [0.05, 0.1) is 6.33 Å². The molecular weight excluding hydrogens is 220 g/mol. The molecule has 0 aliphatic carbocycles. The van der Waals surface area contributed by atoms with Crippen LogP contribution in [-0.4, -0.2) is 20.9 Å². The third-order valence-electron chi connectivity index (χ3n) is 2.15. The number of anilines is 1. The summed E-state index contributed by atoms with van der Waals surface area (Å²) in [6, 6.07) is 4.73. The van der Waals surface area contributed by atoms with E-state index in [2.05, 4.69) is 20.3 Å². The Morgan fingerprint density at radius 1 is 1.41 bits per heavy atom. The van der Waals surface area contributed by atoms with Gasteiger partial charge in [-0.2, -0.15) is 0 Å². The molecule has 0 saturated heterocycles. The molecule has 0 unspecified atom stereocenters. The number of aromatic nitrogens is 3. The van der Waals surface area contributed by atoms with Crippen molar-refractivity contribution in [2.24, 2.45) is 0 Å². The van der Waals surface area contributed by atoms with E-state index < -0.39 is 5.91 Å². The first-order chi connectivity index (χ1) is 8.16. The first-order valence-corrected chi connectivity index (χ1v) is 4.94. The molecule has 1 amide bonds. The molecular formula is C11H10N4O2. The lowest BCUT2D eigenvalue weighted by Crippen LogP contribution is -2.18. The minimum absolute atomic E-state index is 0.0544. The van der Waals surface area contributed by atoms with Crippen molar-refractivity contribution in [3.63, 3.8) is 0 Å². The lowest BCUT2D eigenvalue weighted by Gasteiger charge is -2.05. The fraction of sp³-hybridized carbons (Fsp3) is 0.0909. The summed E-state index contributed by atoms with van der Waals surface area (Å²) in [5, 5.41) is 2.59. The number of rotatable bonds is 2. The Labute approximate surface area is 96.8 Å². The zero-order chi connectivity index (χ0) is 12.3. The fourth-order valence-corrected chi connectivity index (χ4v) is 1.28. The van der Waals surface area contributed by atoms with Crippen LogP contribution in [0.5, 0.6) is 0 Å². The smallest absolute Gasteiger partial charge is 0.275 e. The van der Waals surface area contributed by atoms with Crippen molar-refractivity contribution in [2.45, 2.75) is 6.92 Å². The van der Waals surface area contributed by atoms with Crippen LogP contribution < -0.4 is 10.9 Å². The maximum absolute atomic E-state index is 11.8. The summed E-state index contributed by atoms with van der Waals surface area (Å²) in [4.78, 5) is 32.9. The summed E-state index contributed by atoms with van der Waals surface area (Å²) in [6.07, 6.45) is 2.76. The van der Waals surface area contributed by atoms with Gasteiger partial charge in [-0.15, -0.1) is 0 Å². The Hall–Kier alpha value is -2.50. The number of amides is 1. The number of hydrogen-bond donors (Lipinski definition) is 2. The van der Waals surface area contributed by atoms with Crippen molar-refractivity contribution in [3.8, 4) is 0 Å². The zero-order valence-electron chi connectivity index (χ0n) is 9.10. The lowest BCUT2D eigenvalue weighted by molar-refractivity contribution is 0.102. The second kappa shape index (κ2) is 4.56. The number of nitrogens with one attached hydrogen (secondary N) is 2. The normalized spacial score (nSPS) is 9.94. The third-order valence-corrected chi connectivity index (χ3v) is 2.15. The molecule has 0 aliphatic rings. The van der Waals surface area contributed by atoms with E-state index in [1.165, 1.54) is 6.33 Å². The van der Waals surface area contributed by atoms with Gasteiger partial charge in [-0.3, -0.25) is 9.59 Å². The van der Waals surface area contributed by atoms with Crippen LogP contribution in [0.1, 0.15) is 16.1 Å². The molecule has 2 N–H and O–H groups in total. The first-order valence-electron chi connectivity index (χ1n) is 4.94. The molecule has 0 atom stereocenters. The van der Waals surface area contributed by atoms with Gasteiger partial charge in [-0.25, -0.2) is 9.97 Å². The summed E-state index contributed by atoms with van der Waals surface area (Å²) in [5.74, 6) is -0.00233.